The van der Waals surface area contributed by atoms with Gasteiger partial charge in [0.05, 0.1) is 27.8 Å². The highest BCUT2D eigenvalue weighted by molar-refractivity contribution is 5.70. The zero-order valence-electron chi connectivity index (χ0n) is 12.6. The van der Waals surface area contributed by atoms with Gasteiger partial charge >= 0.3 is 5.97 Å². The Balaban J connectivity index is 2.27. The van der Waals surface area contributed by atoms with E-state index in [1.54, 1.807) is 27.2 Å². The molecule has 0 amide bonds. The van der Waals surface area contributed by atoms with Crippen molar-refractivity contribution in [2.75, 3.05) is 21.3 Å². The van der Waals surface area contributed by atoms with Gasteiger partial charge in [-0.1, -0.05) is 0 Å². The van der Waals surface area contributed by atoms with E-state index in [0.717, 1.165) is 5.56 Å². The van der Waals surface area contributed by atoms with E-state index in [0.29, 0.717) is 11.5 Å². The molecule has 6 heteroatoms. The fourth-order valence-corrected chi connectivity index (χ4v) is 2.33. The second kappa shape index (κ2) is 6.78. The molecule has 0 aliphatic carbocycles. The summed E-state index contributed by atoms with van der Waals surface area (Å²) in [6, 6.07) is 5.47. The smallest absolute Gasteiger partial charge is 0.308 e. The first kappa shape index (κ1) is 15.6. The highest BCUT2D eigenvalue weighted by Crippen LogP contribution is 2.37. The van der Waals surface area contributed by atoms with Gasteiger partial charge in [0.25, 0.3) is 0 Å². The lowest BCUT2D eigenvalue weighted by Crippen LogP contribution is -2.20. The minimum Gasteiger partial charge on any atom is -0.497 e. The summed E-state index contributed by atoms with van der Waals surface area (Å²) in [7, 11) is 4.52. The van der Waals surface area contributed by atoms with Crippen molar-refractivity contribution in [3.8, 4) is 11.5 Å². The maximum absolute atomic E-state index is 11.5. The number of ether oxygens (including phenoxy) is 5. The molecule has 1 aromatic carbocycles. The molecule has 0 radical (unpaired) electrons. The number of methoxy groups -OCH3 is 3. The molecule has 1 heterocycles. The molecular formula is C15H20O6. The third-order valence-electron chi connectivity index (χ3n) is 3.34. The first-order valence-electron chi connectivity index (χ1n) is 6.68. The van der Waals surface area contributed by atoms with Crippen LogP contribution in [0.15, 0.2) is 18.2 Å². The van der Waals surface area contributed by atoms with Gasteiger partial charge in [0, 0.05) is 6.07 Å². The number of carbonyl (C=O) groups is 1. The summed E-state index contributed by atoms with van der Waals surface area (Å²) in [6.07, 6.45) is -1.03. The van der Waals surface area contributed by atoms with Crippen molar-refractivity contribution < 1.29 is 28.5 Å². The van der Waals surface area contributed by atoms with E-state index in [4.69, 9.17) is 23.7 Å². The van der Waals surface area contributed by atoms with E-state index < -0.39 is 6.10 Å². The monoisotopic (exact) mass is 296 g/mol. The largest absolute Gasteiger partial charge is 0.497 e. The SMILES string of the molecule is COC(=O)C[C@@H]1O[C@@H](C)O[C@H]1c1cc(OC)cc(OC)c1. The molecule has 0 N–H and O–H groups in total. The van der Waals surface area contributed by atoms with Crippen molar-refractivity contribution in [3.05, 3.63) is 23.8 Å². The van der Waals surface area contributed by atoms with Crippen molar-refractivity contribution in [2.45, 2.75) is 31.8 Å². The molecule has 0 saturated carbocycles. The predicted octanol–water partition coefficient (Wildman–Crippen LogP) is 2.07. The molecule has 1 aliphatic heterocycles. The molecule has 1 fully saturated rings. The minimum absolute atomic E-state index is 0.130. The van der Waals surface area contributed by atoms with Crippen LogP contribution in [0.4, 0.5) is 0 Å². The topological polar surface area (TPSA) is 63.2 Å². The molecule has 1 aliphatic rings. The third-order valence-corrected chi connectivity index (χ3v) is 3.34. The summed E-state index contributed by atoms with van der Waals surface area (Å²) < 4.78 is 26.6. The summed E-state index contributed by atoms with van der Waals surface area (Å²) in [5, 5.41) is 0. The Bertz CT molecular complexity index is 479. The first-order chi connectivity index (χ1) is 10.1. The van der Waals surface area contributed by atoms with Crippen LogP contribution in [-0.4, -0.2) is 39.7 Å². The summed E-state index contributed by atoms with van der Waals surface area (Å²) >= 11 is 0. The van der Waals surface area contributed by atoms with Crippen LogP contribution >= 0.6 is 0 Å². The van der Waals surface area contributed by atoms with Crippen molar-refractivity contribution in [1.82, 2.24) is 0 Å². The molecule has 3 atom stereocenters. The molecule has 0 bridgehead atoms. The van der Waals surface area contributed by atoms with E-state index in [-0.39, 0.29) is 24.8 Å². The summed E-state index contributed by atoms with van der Waals surface area (Å²) in [6.45, 7) is 1.79. The fraction of sp³-hybridized carbons (Fsp3) is 0.533. The van der Waals surface area contributed by atoms with Crippen molar-refractivity contribution >= 4 is 5.97 Å². The van der Waals surface area contributed by atoms with Gasteiger partial charge in [-0.3, -0.25) is 4.79 Å². The van der Waals surface area contributed by atoms with Crippen LogP contribution in [0.3, 0.4) is 0 Å². The number of hydrogen-bond acceptors (Lipinski definition) is 6. The Morgan fingerprint density at radius 2 is 1.71 bits per heavy atom. The van der Waals surface area contributed by atoms with Crippen LogP contribution < -0.4 is 9.47 Å². The van der Waals surface area contributed by atoms with Gasteiger partial charge in [-0.05, 0) is 24.6 Å². The highest BCUT2D eigenvalue weighted by atomic mass is 16.7. The maximum atomic E-state index is 11.5. The highest BCUT2D eigenvalue weighted by Gasteiger charge is 2.37. The van der Waals surface area contributed by atoms with Gasteiger partial charge in [-0.2, -0.15) is 0 Å². The van der Waals surface area contributed by atoms with Crippen molar-refractivity contribution in [1.29, 1.82) is 0 Å². The molecule has 0 aromatic heterocycles. The molecule has 2 rings (SSSR count). The Hall–Kier alpha value is -1.79. The summed E-state index contributed by atoms with van der Waals surface area (Å²) in [4.78, 5) is 11.5. The van der Waals surface area contributed by atoms with Gasteiger partial charge in [0.1, 0.15) is 23.7 Å². The van der Waals surface area contributed by atoms with E-state index in [9.17, 15) is 4.79 Å². The van der Waals surface area contributed by atoms with Gasteiger partial charge < -0.3 is 23.7 Å². The Morgan fingerprint density at radius 1 is 1.10 bits per heavy atom. The van der Waals surface area contributed by atoms with E-state index >= 15 is 0 Å². The molecule has 1 saturated heterocycles. The van der Waals surface area contributed by atoms with E-state index in [2.05, 4.69) is 0 Å². The van der Waals surface area contributed by atoms with Crippen LogP contribution in [0.25, 0.3) is 0 Å². The zero-order chi connectivity index (χ0) is 15.4. The number of benzene rings is 1. The van der Waals surface area contributed by atoms with Gasteiger partial charge in [-0.25, -0.2) is 0 Å². The average Bonchev–Trinajstić information content (AvgIpc) is 2.86. The molecule has 21 heavy (non-hydrogen) atoms. The average molecular weight is 296 g/mol. The van der Waals surface area contributed by atoms with Crippen LogP contribution in [0, 0.1) is 0 Å². The first-order valence-corrected chi connectivity index (χ1v) is 6.68. The van der Waals surface area contributed by atoms with Crippen LogP contribution in [0.1, 0.15) is 25.0 Å². The van der Waals surface area contributed by atoms with Gasteiger partial charge in [-0.15, -0.1) is 0 Å². The lowest BCUT2D eigenvalue weighted by molar-refractivity contribution is -0.143. The third kappa shape index (κ3) is 3.65. The number of hydrogen-bond donors (Lipinski definition) is 0. The molecule has 1 aromatic rings. The van der Waals surface area contributed by atoms with E-state index in [1.807, 2.05) is 12.1 Å². The van der Waals surface area contributed by atoms with Crippen LogP contribution in [-0.2, 0) is 19.0 Å². The summed E-state index contributed by atoms with van der Waals surface area (Å²) in [5.74, 6) is 0.978. The molecule has 0 unspecified atom stereocenters. The number of esters is 1. The van der Waals surface area contributed by atoms with Crippen molar-refractivity contribution in [3.63, 3.8) is 0 Å². The number of rotatable bonds is 5. The maximum Gasteiger partial charge on any atom is 0.308 e. The normalized spacial score (nSPS) is 24.7. The number of carbonyl (C=O) groups excluding carboxylic acids is 1. The molecule has 116 valence electrons. The predicted molar refractivity (Wildman–Crippen MR) is 74.3 cm³/mol. The Labute approximate surface area is 123 Å². The summed E-state index contributed by atoms with van der Waals surface area (Å²) in [5.41, 5.74) is 0.837. The zero-order valence-corrected chi connectivity index (χ0v) is 12.6. The lowest BCUT2D eigenvalue weighted by atomic mass is 10.0. The molecule has 6 nitrogen and oxygen atoms in total. The quantitative estimate of drug-likeness (QED) is 0.775. The van der Waals surface area contributed by atoms with E-state index in [1.165, 1.54) is 7.11 Å². The minimum atomic E-state index is -0.399. The second-order valence-electron chi connectivity index (χ2n) is 4.73. The standard InChI is InChI=1S/C15H20O6/c1-9-20-13(8-14(16)19-4)15(21-9)10-5-11(17-2)7-12(6-10)18-3/h5-7,9,13,15H,8H2,1-4H3/t9-,13+,15+/m1/s1. The Kier molecular flexibility index (Phi) is 5.03. The lowest BCUT2D eigenvalue weighted by Gasteiger charge is -2.17. The van der Waals surface area contributed by atoms with Crippen LogP contribution in [0.2, 0.25) is 0 Å². The van der Waals surface area contributed by atoms with Crippen LogP contribution in [0.5, 0.6) is 11.5 Å². The second-order valence-corrected chi connectivity index (χ2v) is 4.73. The Morgan fingerprint density at radius 3 is 2.24 bits per heavy atom. The fourth-order valence-electron chi connectivity index (χ4n) is 2.33. The molecule has 0 spiro atoms. The van der Waals surface area contributed by atoms with Crippen molar-refractivity contribution in [2.24, 2.45) is 0 Å². The van der Waals surface area contributed by atoms with Gasteiger partial charge in [0.2, 0.25) is 0 Å². The molecular weight excluding hydrogens is 276 g/mol. The van der Waals surface area contributed by atoms with Gasteiger partial charge in [0.15, 0.2) is 6.29 Å².